The van der Waals surface area contributed by atoms with Gasteiger partial charge in [-0.05, 0) is 57.5 Å². The van der Waals surface area contributed by atoms with Gasteiger partial charge in [0.1, 0.15) is 0 Å². The normalized spacial score (nSPS) is 17.6. The Kier molecular flexibility index (Phi) is 11.2. The van der Waals surface area contributed by atoms with E-state index in [0.717, 1.165) is 37.8 Å². The van der Waals surface area contributed by atoms with Gasteiger partial charge in [-0.15, -0.1) is 12.4 Å². The molecule has 0 aliphatic carbocycles. The Balaban J connectivity index is 0.00000361. The van der Waals surface area contributed by atoms with Crippen LogP contribution in [0.1, 0.15) is 65.7 Å². The fourth-order valence-electron chi connectivity index (χ4n) is 2.76. The summed E-state index contributed by atoms with van der Waals surface area (Å²) in [6.45, 7) is 8.88. The molecule has 1 fully saturated rings. The Hall–Kier alpha value is -0.280. The molecule has 120 valence electrons. The molecule has 1 saturated heterocycles. The lowest BCUT2D eigenvalue weighted by Crippen LogP contribution is -2.33. The fourth-order valence-corrected chi connectivity index (χ4v) is 2.76. The molecule has 1 amide bonds. The monoisotopic (exact) mass is 304 g/mol. The average molecular weight is 305 g/mol. The SMILES string of the molecule is CC(C)CCCC(C)NC(=O)CCC1CCNCC1.Cl. The van der Waals surface area contributed by atoms with E-state index in [0.29, 0.717) is 12.5 Å². The second kappa shape index (κ2) is 11.4. The van der Waals surface area contributed by atoms with E-state index in [9.17, 15) is 4.79 Å². The summed E-state index contributed by atoms with van der Waals surface area (Å²) in [4.78, 5) is 11.9. The highest BCUT2D eigenvalue weighted by Crippen LogP contribution is 2.17. The summed E-state index contributed by atoms with van der Waals surface area (Å²) in [5.41, 5.74) is 0. The first kappa shape index (κ1) is 19.7. The van der Waals surface area contributed by atoms with Gasteiger partial charge in [0.25, 0.3) is 0 Å². The lowest BCUT2D eigenvalue weighted by molar-refractivity contribution is -0.122. The van der Waals surface area contributed by atoms with Crippen LogP contribution in [-0.4, -0.2) is 25.0 Å². The van der Waals surface area contributed by atoms with E-state index in [1.807, 2.05) is 0 Å². The molecule has 4 heteroatoms. The molecule has 0 radical (unpaired) electrons. The van der Waals surface area contributed by atoms with Crippen LogP contribution in [0.2, 0.25) is 0 Å². The first-order valence-corrected chi connectivity index (χ1v) is 8.08. The lowest BCUT2D eigenvalue weighted by Gasteiger charge is -2.22. The van der Waals surface area contributed by atoms with Gasteiger partial charge in [0.05, 0.1) is 0 Å². The van der Waals surface area contributed by atoms with Crippen LogP contribution in [0.4, 0.5) is 0 Å². The number of nitrogens with one attached hydrogen (secondary N) is 2. The van der Waals surface area contributed by atoms with Gasteiger partial charge in [-0.1, -0.05) is 26.7 Å². The predicted molar refractivity (Wildman–Crippen MR) is 88.4 cm³/mol. The van der Waals surface area contributed by atoms with Gasteiger partial charge in [0, 0.05) is 12.5 Å². The molecule has 1 heterocycles. The zero-order valence-electron chi connectivity index (χ0n) is 13.4. The molecule has 1 aliphatic heterocycles. The Morgan fingerprint density at radius 1 is 1.20 bits per heavy atom. The minimum atomic E-state index is 0. The maximum Gasteiger partial charge on any atom is 0.220 e. The van der Waals surface area contributed by atoms with Gasteiger partial charge in [0.15, 0.2) is 0 Å². The van der Waals surface area contributed by atoms with Crippen molar-refractivity contribution in [1.82, 2.24) is 10.6 Å². The number of piperidine rings is 1. The maximum absolute atomic E-state index is 11.9. The molecule has 0 aromatic heterocycles. The number of amides is 1. The van der Waals surface area contributed by atoms with Gasteiger partial charge < -0.3 is 10.6 Å². The van der Waals surface area contributed by atoms with Crippen LogP contribution < -0.4 is 10.6 Å². The number of hydrogen-bond acceptors (Lipinski definition) is 2. The van der Waals surface area contributed by atoms with Crippen LogP contribution >= 0.6 is 12.4 Å². The zero-order chi connectivity index (χ0) is 14.1. The highest BCUT2D eigenvalue weighted by atomic mass is 35.5. The van der Waals surface area contributed by atoms with Crippen molar-refractivity contribution in [3.8, 4) is 0 Å². The number of carbonyl (C=O) groups is 1. The molecule has 0 saturated carbocycles. The van der Waals surface area contributed by atoms with Crippen LogP contribution in [0, 0.1) is 11.8 Å². The Labute approximate surface area is 131 Å². The molecule has 0 aromatic carbocycles. The predicted octanol–water partition coefficient (Wildman–Crippen LogP) is 3.52. The van der Waals surface area contributed by atoms with Crippen molar-refractivity contribution in [2.75, 3.05) is 13.1 Å². The fraction of sp³-hybridized carbons (Fsp3) is 0.938. The third kappa shape index (κ3) is 9.60. The van der Waals surface area contributed by atoms with E-state index in [4.69, 9.17) is 0 Å². The van der Waals surface area contributed by atoms with Crippen molar-refractivity contribution in [2.45, 2.75) is 71.8 Å². The van der Waals surface area contributed by atoms with Gasteiger partial charge in [-0.25, -0.2) is 0 Å². The number of hydrogen-bond donors (Lipinski definition) is 2. The Morgan fingerprint density at radius 2 is 1.85 bits per heavy atom. The minimum absolute atomic E-state index is 0. The van der Waals surface area contributed by atoms with Crippen molar-refractivity contribution >= 4 is 18.3 Å². The zero-order valence-corrected chi connectivity index (χ0v) is 14.2. The number of halogens is 1. The van der Waals surface area contributed by atoms with Crippen molar-refractivity contribution in [3.05, 3.63) is 0 Å². The first-order chi connectivity index (χ1) is 9.08. The summed E-state index contributed by atoms with van der Waals surface area (Å²) in [7, 11) is 0. The Bertz CT molecular complexity index is 253. The number of carbonyl (C=O) groups excluding carboxylic acids is 1. The molecule has 2 N–H and O–H groups in total. The van der Waals surface area contributed by atoms with E-state index < -0.39 is 0 Å². The van der Waals surface area contributed by atoms with Gasteiger partial charge in [-0.3, -0.25) is 4.79 Å². The minimum Gasteiger partial charge on any atom is -0.354 e. The maximum atomic E-state index is 11.9. The van der Waals surface area contributed by atoms with E-state index in [-0.39, 0.29) is 18.3 Å². The highest BCUT2D eigenvalue weighted by molar-refractivity contribution is 5.85. The third-order valence-corrected chi connectivity index (χ3v) is 4.06. The quantitative estimate of drug-likeness (QED) is 0.720. The van der Waals surface area contributed by atoms with Crippen molar-refractivity contribution < 1.29 is 4.79 Å². The van der Waals surface area contributed by atoms with Crippen LogP contribution in [0.15, 0.2) is 0 Å². The van der Waals surface area contributed by atoms with Gasteiger partial charge in [0.2, 0.25) is 5.91 Å². The molecule has 20 heavy (non-hydrogen) atoms. The van der Waals surface area contributed by atoms with Gasteiger partial charge >= 0.3 is 0 Å². The second-order valence-electron chi connectivity index (χ2n) is 6.53. The van der Waals surface area contributed by atoms with Gasteiger partial charge in [-0.2, -0.15) is 0 Å². The molecule has 1 atom stereocenters. The molecule has 3 nitrogen and oxygen atoms in total. The molecular formula is C16H33ClN2O. The summed E-state index contributed by atoms with van der Waals surface area (Å²) in [6.07, 6.45) is 7.82. The lowest BCUT2D eigenvalue weighted by atomic mass is 9.93. The van der Waals surface area contributed by atoms with Crippen molar-refractivity contribution in [3.63, 3.8) is 0 Å². The smallest absolute Gasteiger partial charge is 0.220 e. The molecule has 1 rings (SSSR count). The van der Waals surface area contributed by atoms with E-state index >= 15 is 0 Å². The summed E-state index contributed by atoms with van der Waals surface area (Å²) in [5, 5.41) is 6.50. The van der Waals surface area contributed by atoms with Crippen LogP contribution in [0.25, 0.3) is 0 Å². The molecule has 0 aromatic rings. The molecule has 0 bridgehead atoms. The molecule has 0 spiro atoms. The Morgan fingerprint density at radius 3 is 2.45 bits per heavy atom. The number of rotatable bonds is 8. The van der Waals surface area contributed by atoms with Crippen LogP contribution in [-0.2, 0) is 4.79 Å². The summed E-state index contributed by atoms with van der Waals surface area (Å²) in [5.74, 6) is 1.77. The van der Waals surface area contributed by atoms with Crippen molar-refractivity contribution in [1.29, 1.82) is 0 Å². The summed E-state index contributed by atoms with van der Waals surface area (Å²) >= 11 is 0. The second-order valence-corrected chi connectivity index (χ2v) is 6.53. The van der Waals surface area contributed by atoms with Crippen LogP contribution in [0.5, 0.6) is 0 Å². The largest absolute Gasteiger partial charge is 0.354 e. The van der Waals surface area contributed by atoms with Crippen molar-refractivity contribution in [2.24, 2.45) is 11.8 Å². The van der Waals surface area contributed by atoms with Crippen LogP contribution in [0.3, 0.4) is 0 Å². The highest BCUT2D eigenvalue weighted by Gasteiger charge is 2.15. The first-order valence-electron chi connectivity index (χ1n) is 8.08. The van der Waals surface area contributed by atoms with E-state index in [1.165, 1.54) is 25.7 Å². The standard InChI is InChI=1S/C16H32N2O.ClH/c1-13(2)5-4-6-14(3)18-16(19)8-7-15-9-11-17-12-10-15;/h13-15,17H,4-12H2,1-3H3,(H,18,19);1H. The van der Waals surface area contributed by atoms with E-state index in [2.05, 4.69) is 31.4 Å². The molecule has 1 unspecified atom stereocenters. The topological polar surface area (TPSA) is 41.1 Å². The summed E-state index contributed by atoms with van der Waals surface area (Å²) in [6, 6.07) is 0.333. The van der Waals surface area contributed by atoms with E-state index in [1.54, 1.807) is 0 Å². The molecular weight excluding hydrogens is 272 g/mol. The average Bonchev–Trinajstić information content (AvgIpc) is 2.37. The molecule has 1 aliphatic rings. The summed E-state index contributed by atoms with van der Waals surface area (Å²) < 4.78 is 0. The third-order valence-electron chi connectivity index (χ3n) is 4.06.